The van der Waals surface area contributed by atoms with Crippen LogP contribution in [0.4, 0.5) is 0 Å². The molecule has 1 unspecified atom stereocenters. The summed E-state index contributed by atoms with van der Waals surface area (Å²) in [5.74, 6) is -0.654. The van der Waals surface area contributed by atoms with Gasteiger partial charge in [0.15, 0.2) is 0 Å². The monoisotopic (exact) mass is 189 g/mol. The molecule has 1 atom stereocenters. The molecule has 0 aliphatic heterocycles. The van der Waals surface area contributed by atoms with Gasteiger partial charge in [-0.1, -0.05) is 18.2 Å². The van der Waals surface area contributed by atoms with E-state index in [1.807, 2.05) is 24.3 Å². The number of amides is 1. The zero-order chi connectivity index (χ0) is 10.1. The van der Waals surface area contributed by atoms with Gasteiger partial charge in [0.25, 0.3) is 0 Å². The second-order valence-electron chi connectivity index (χ2n) is 3.31. The van der Waals surface area contributed by atoms with E-state index in [0.29, 0.717) is 0 Å². The van der Waals surface area contributed by atoms with Gasteiger partial charge in [0, 0.05) is 10.9 Å². The Morgan fingerprint density at radius 2 is 2.21 bits per heavy atom. The molecule has 72 valence electrons. The van der Waals surface area contributed by atoms with Crippen LogP contribution in [0.3, 0.4) is 0 Å². The Morgan fingerprint density at radius 1 is 1.43 bits per heavy atom. The minimum atomic E-state index is -0.339. The summed E-state index contributed by atoms with van der Waals surface area (Å²) in [4.78, 5) is 11.0. The molecule has 2 rings (SSSR count). The van der Waals surface area contributed by atoms with E-state index in [2.05, 4.69) is 0 Å². The molecule has 0 saturated carbocycles. The molecule has 0 aliphatic carbocycles. The van der Waals surface area contributed by atoms with E-state index in [0.717, 1.165) is 16.5 Å². The molecule has 2 aromatic rings. The number of nitrogens with two attached hydrogens (primary N) is 1. The van der Waals surface area contributed by atoms with E-state index in [1.54, 1.807) is 13.2 Å². The average molecular weight is 189 g/mol. The topological polar surface area (TPSA) is 56.2 Å². The lowest BCUT2D eigenvalue weighted by Crippen LogP contribution is -2.18. The Morgan fingerprint density at radius 3 is 2.93 bits per heavy atom. The molecule has 2 N–H and O–H groups in total. The van der Waals surface area contributed by atoms with Crippen LogP contribution < -0.4 is 5.73 Å². The van der Waals surface area contributed by atoms with E-state index in [9.17, 15) is 4.79 Å². The number of rotatable bonds is 2. The predicted molar refractivity (Wildman–Crippen MR) is 53.8 cm³/mol. The number of hydrogen-bond acceptors (Lipinski definition) is 2. The maximum absolute atomic E-state index is 11.0. The number of fused-ring (bicyclic) bond motifs is 1. The summed E-state index contributed by atoms with van der Waals surface area (Å²) in [7, 11) is 0. The summed E-state index contributed by atoms with van der Waals surface area (Å²) in [6.07, 6.45) is 1.61. The molecule has 0 fully saturated rings. The van der Waals surface area contributed by atoms with Crippen molar-refractivity contribution in [2.45, 2.75) is 12.8 Å². The molecule has 1 amide bonds. The van der Waals surface area contributed by atoms with E-state index in [1.165, 1.54) is 0 Å². The first kappa shape index (κ1) is 8.81. The second kappa shape index (κ2) is 3.18. The van der Waals surface area contributed by atoms with Crippen LogP contribution in [0.5, 0.6) is 0 Å². The molecule has 1 aromatic carbocycles. The second-order valence-corrected chi connectivity index (χ2v) is 3.31. The lowest BCUT2D eigenvalue weighted by molar-refractivity contribution is -0.119. The van der Waals surface area contributed by atoms with Crippen molar-refractivity contribution >= 4 is 16.9 Å². The number of furan rings is 1. The molecule has 1 heterocycles. The van der Waals surface area contributed by atoms with Gasteiger partial charge in [0.2, 0.25) is 5.91 Å². The highest BCUT2D eigenvalue weighted by Crippen LogP contribution is 2.25. The Bertz CT molecular complexity index is 473. The third-order valence-corrected chi connectivity index (χ3v) is 2.40. The van der Waals surface area contributed by atoms with Crippen LogP contribution in [0.1, 0.15) is 18.4 Å². The van der Waals surface area contributed by atoms with E-state index in [-0.39, 0.29) is 11.8 Å². The molecular weight excluding hydrogens is 178 g/mol. The predicted octanol–water partition coefficient (Wildman–Crippen LogP) is 2.02. The third kappa shape index (κ3) is 1.27. The molecule has 0 bridgehead atoms. The molecule has 14 heavy (non-hydrogen) atoms. The lowest BCUT2D eigenvalue weighted by Gasteiger charge is -2.07. The van der Waals surface area contributed by atoms with Gasteiger partial charge in [-0.25, -0.2) is 0 Å². The van der Waals surface area contributed by atoms with Crippen molar-refractivity contribution in [3.05, 3.63) is 36.1 Å². The van der Waals surface area contributed by atoms with Crippen LogP contribution in [-0.4, -0.2) is 5.91 Å². The normalized spacial score (nSPS) is 12.9. The maximum atomic E-state index is 11.0. The fraction of sp³-hybridized carbons (Fsp3) is 0.182. The average Bonchev–Trinajstić information content (AvgIpc) is 2.63. The largest absolute Gasteiger partial charge is 0.464 e. The minimum absolute atomic E-state index is 0.315. The molecule has 3 nitrogen and oxygen atoms in total. The number of carbonyl (C=O) groups excluding carboxylic acids is 1. The highest BCUT2D eigenvalue weighted by atomic mass is 16.3. The summed E-state index contributed by atoms with van der Waals surface area (Å²) in [6.45, 7) is 1.78. The first-order valence-electron chi connectivity index (χ1n) is 4.45. The fourth-order valence-electron chi connectivity index (χ4n) is 1.51. The Labute approximate surface area is 81.5 Å². The summed E-state index contributed by atoms with van der Waals surface area (Å²) >= 11 is 0. The van der Waals surface area contributed by atoms with E-state index < -0.39 is 0 Å². The van der Waals surface area contributed by atoms with Crippen molar-refractivity contribution in [2.24, 2.45) is 5.73 Å². The van der Waals surface area contributed by atoms with Crippen LogP contribution in [0.25, 0.3) is 11.0 Å². The van der Waals surface area contributed by atoms with E-state index in [4.69, 9.17) is 10.2 Å². The number of carbonyl (C=O) groups is 1. The molecule has 1 aromatic heterocycles. The summed E-state index contributed by atoms with van der Waals surface area (Å²) in [5.41, 5.74) is 6.84. The van der Waals surface area contributed by atoms with Gasteiger partial charge in [-0.3, -0.25) is 4.79 Å². The number of benzene rings is 1. The van der Waals surface area contributed by atoms with Crippen molar-refractivity contribution in [1.82, 2.24) is 0 Å². The van der Waals surface area contributed by atoms with Crippen LogP contribution >= 0.6 is 0 Å². The molecule has 0 aliphatic rings. The first-order valence-corrected chi connectivity index (χ1v) is 4.45. The third-order valence-electron chi connectivity index (χ3n) is 2.40. The Balaban J connectivity index is 2.61. The van der Waals surface area contributed by atoms with Crippen molar-refractivity contribution in [3.63, 3.8) is 0 Å². The van der Waals surface area contributed by atoms with Gasteiger partial charge in [0.05, 0.1) is 12.2 Å². The highest BCUT2D eigenvalue weighted by Gasteiger charge is 2.15. The van der Waals surface area contributed by atoms with Crippen LogP contribution in [0, 0.1) is 0 Å². The maximum Gasteiger partial charge on any atom is 0.224 e. The van der Waals surface area contributed by atoms with E-state index >= 15 is 0 Å². The van der Waals surface area contributed by atoms with Crippen molar-refractivity contribution in [3.8, 4) is 0 Å². The van der Waals surface area contributed by atoms with Crippen molar-refractivity contribution in [2.75, 3.05) is 0 Å². The Kier molecular flexibility index (Phi) is 2.00. The summed E-state index contributed by atoms with van der Waals surface area (Å²) < 4.78 is 5.31. The fourth-order valence-corrected chi connectivity index (χ4v) is 1.51. The van der Waals surface area contributed by atoms with Gasteiger partial charge < -0.3 is 10.2 Å². The number of para-hydroxylation sites is 1. The van der Waals surface area contributed by atoms with Gasteiger partial charge in [-0.15, -0.1) is 0 Å². The Hall–Kier alpha value is -1.77. The van der Waals surface area contributed by atoms with Gasteiger partial charge in [0.1, 0.15) is 5.58 Å². The minimum Gasteiger partial charge on any atom is -0.464 e. The van der Waals surface area contributed by atoms with Crippen molar-refractivity contribution < 1.29 is 9.21 Å². The van der Waals surface area contributed by atoms with Crippen LogP contribution in [0.2, 0.25) is 0 Å². The number of primary amides is 1. The quantitative estimate of drug-likeness (QED) is 0.785. The summed E-state index contributed by atoms with van der Waals surface area (Å²) in [5, 5.41) is 0.996. The molecular formula is C11H11NO2. The SMILES string of the molecule is CC(C(N)=O)c1cccc2ccoc12. The summed E-state index contributed by atoms with van der Waals surface area (Å²) in [6, 6.07) is 7.57. The van der Waals surface area contributed by atoms with Crippen molar-refractivity contribution in [1.29, 1.82) is 0 Å². The van der Waals surface area contributed by atoms with Gasteiger partial charge in [-0.05, 0) is 13.0 Å². The van der Waals surface area contributed by atoms with Crippen LogP contribution in [0.15, 0.2) is 34.9 Å². The first-order chi connectivity index (χ1) is 6.70. The van der Waals surface area contributed by atoms with Gasteiger partial charge >= 0.3 is 0 Å². The lowest BCUT2D eigenvalue weighted by atomic mass is 9.99. The molecule has 0 saturated heterocycles. The van der Waals surface area contributed by atoms with Crippen LogP contribution in [-0.2, 0) is 4.79 Å². The zero-order valence-corrected chi connectivity index (χ0v) is 7.86. The standard InChI is InChI=1S/C11H11NO2/c1-7(11(12)13)9-4-2-3-8-5-6-14-10(8)9/h2-7H,1H3,(H2,12,13). The highest BCUT2D eigenvalue weighted by molar-refractivity contribution is 5.89. The smallest absolute Gasteiger partial charge is 0.224 e. The molecule has 0 spiro atoms. The molecule has 0 radical (unpaired) electrons. The van der Waals surface area contributed by atoms with Gasteiger partial charge in [-0.2, -0.15) is 0 Å². The molecule has 3 heteroatoms. The zero-order valence-electron chi connectivity index (χ0n) is 7.86. The number of hydrogen-bond donors (Lipinski definition) is 1.